The van der Waals surface area contributed by atoms with Crippen molar-refractivity contribution in [3.8, 4) is 0 Å². The van der Waals surface area contributed by atoms with E-state index in [9.17, 15) is 15.3 Å². The third-order valence-electron chi connectivity index (χ3n) is 4.04. The average molecular weight is 306 g/mol. The lowest BCUT2D eigenvalue weighted by atomic mass is 9.98. The Balaban J connectivity index is 2.36. The summed E-state index contributed by atoms with van der Waals surface area (Å²) in [5, 5.41) is 29.7. The van der Waals surface area contributed by atoms with E-state index in [0.717, 1.165) is 24.0 Å². The monoisotopic (exact) mass is 306 g/mol. The molecule has 0 saturated carbocycles. The molecule has 0 amide bonds. The van der Waals surface area contributed by atoms with Crippen molar-refractivity contribution in [3.63, 3.8) is 0 Å². The van der Waals surface area contributed by atoms with E-state index in [1.165, 1.54) is 25.3 Å². The molecule has 0 aliphatic heterocycles. The highest BCUT2D eigenvalue weighted by Crippen LogP contribution is 2.17. The maximum Gasteiger partial charge on any atom is 0.0969 e. The lowest BCUT2D eigenvalue weighted by molar-refractivity contribution is 0.0137. The summed E-state index contributed by atoms with van der Waals surface area (Å²) in [5.74, 6) is 0. The molecule has 0 spiro atoms. The van der Waals surface area contributed by atoms with Crippen molar-refractivity contribution in [2.75, 3.05) is 0 Å². The second kappa shape index (κ2) is 10.5. The first-order valence-electron chi connectivity index (χ1n) is 8.34. The van der Waals surface area contributed by atoms with Gasteiger partial charge in [0.2, 0.25) is 0 Å². The molecule has 3 heteroatoms. The molecule has 22 heavy (non-hydrogen) atoms. The van der Waals surface area contributed by atoms with Crippen molar-refractivity contribution >= 4 is 0 Å². The maximum absolute atomic E-state index is 10.1. The van der Waals surface area contributed by atoms with Crippen molar-refractivity contribution in [3.05, 3.63) is 48.0 Å². The molecule has 0 aliphatic carbocycles. The van der Waals surface area contributed by atoms with Gasteiger partial charge >= 0.3 is 0 Å². The quantitative estimate of drug-likeness (QED) is 0.433. The van der Waals surface area contributed by atoms with Gasteiger partial charge in [-0.15, -0.1) is 6.58 Å². The Morgan fingerprint density at radius 3 is 2.18 bits per heavy atom. The van der Waals surface area contributed by atoms with E-state index in [1.807, 2.05) is 24.3 Å². The molecule has 1 aromatic rings. The summed E-state index contributed by atoms with van der Waals surface area (Å²) >= 11 is 0. The van der Waals surface area contributed by atoms with Gasteiger partial charge in [-0.3, -0.25) is 0 Å². The second-order valence-corrected chi connectivity index (χ2v) is 5.96. The average Bonchev–Trinajstić information content (AvgIpc) is 2.54. The molecule has 0 bridgehead atoms. The molecule has 0 aromatic heterocycles. The normalized spacial score (nSPS) is 15.3. The topological polar surface area (TPSA) is 60.7 Å². The molecule has 0 fully saturated rings. The third-order valence-corrected chi connectivity index (χ3v) is 4.04. The van der Waals surface area contributed by atoms with E-state index < -0.39 is 18.3 Å². The molecule has 0 heterocycles. The largest absolute Gasteiger partial charge is 0.390 e. The Hall–Kier alpha value is -1.16. The molecule has 1 aromatic carbocycles. The van der Waals surface area contributed by atoms with Crippen molar-refractivity contribution in [1.82, 2.24) is 0 Å². The lowest BCUT2D eigenvalue weighted by Crippen LogP contribution is -2.27. The number of unbranched alkanes of at least 4 members (excludes halogenated alkanes) is 4. The first kappa shape index (κ1) is 18.9. The number of hydrogen-bond acceptors (Lipinski definition) is 3. The van der Waals surface area contributed by atoms with Crippen LogP contribution in [0, 0.1) is 0 Å². The van der Waals surface area contributed by atoms with Gasteiger partial charge < -0.3 is 15.3 Å². The molecule has 3 nitrogen and oxygen atoms in total. The summed E-state index contributed by atoms with van der Waals surface area (Å²) < 4.78 is 0. The van der Waals surface area contributed by atoms with Gasteiger partial charge in [-0.2, -0.15) is 0 Å². The first-order valence-corrected chi connectivity index (χ1v) is 8.34. The molecule has 0 saturated heterocycles. The molecule has 0 aliphatic rings. The highest BCUT2D eigenvalue weighted by Gasteiger charge is 2.16. The van der Waals surface area contributed by atoms with Gasteiger partial charge in [-0.1, -0.05) is 69.4 Å². The van der Waals surface area contributed by atoms with Gasteiger partial charge in [0.05, 0.1) is 18.3 Å². The molecule has 3 N–H and O–H groups in total. The van der Waals surface area contributed by atoms with Crippen molar-refractivity contribution in [2.24, 2.45) is 0 Å². The van der Waals surface area contributed by atoms with Crippen LogP contribution in [0.4, 0.5) is 0 Å². The maximum atomic E-state index is 10.1. The Labute approximate surface area is 134 Å². The van der Waals surface area contributed by atoms with Crippen LogP contribution >= 0.6 is 0 Å². The van der Waals surface area contributed by atoms with Crippen LogP contribution in [0.15, 0.2) is 36.9 Å². The van der Waals surface area contributed by atoms with Gasteiger partial charge in [0.15, 0.2) is 0 Å². The first-order chi connectivity index (χ1) is 10.6. The van der Waals surface area contributed by atoms with E-state index >= 15 is 0 Å². The minimum Gasteiger partial charge on any atom is -0.390 e. The summed E-state index contributed by atoms with van der Waals surface area (Å²) in [7, 11) is 0. The molecular formula is C19H30O3. The molecule has 0 unspecified atom stereocenters. The predicted molar refractivity (Wildman–Crippen MR) is 90.7 cm³/mol. The third kappa shape index (κ3) is 6.73. The molecular weight excluding hydrogens is 276 g/mol. The fourth-order valence-electron chi connectivity index (χ4n) is 2.51. The Bertz CT molecular complexity index is 413. The van der Waals surface area contributed by atoms with Crippen molar-refractivity contribution < 1.29 is 15.3 Å². The van der Waals surface area contributed by atoms with Crippen LogP contribution in [0.25, 0.3) is 0 Å². The summed E-state index contributed by atoms with van der Waals surface area (Å²) in [5.41, 5.74) is 1.74. The van der Waals surface area contributed by atoms with Crippen molar-refractivity contribution in [1.29, 1.82) is 0 Å². The summed E-state index contributed by atoms with van der Waals surface area (Å²) in [6.07, 6.45) is 6.23. The Morgan fingerprint density at radius 2 is 1.59 bits per heavy atom. The van der Waals surface area contributed by atoms with E-state index in [2.05, 4.69) is 13.5 Å². The van der Waals surface area contributed by atoms with E-state index in [-0.39, 0.29) is 0 Å². The molecule has 3 atom stereocenters. The van der Waals surface area contributed by atoms with Crippen LogP contribution in [-0.4, -0.2) is 27.5 Å². The Morgan fingerprint density at radius 1 is 0.955 bits per heavy atom. The highest BCUT2D eigenvalue weighted by atomic mass is 16.3. The number of benzene rings is 1. The number of aliphatic hydroxyl groups excluding tert-OH is 3. The van der Waals surface area contributed by atoms with E-state index in [0.29, 0.717) is 12.8 Å². The standard InChI is InChI=1S/C19H30O3/c1-3-5-6-7-8-9-18(21)19(22)14-15-10-12-16(13-11-15)17(20)4-2/h4,10-13,17-22H,2-3,5-9,14H2,1H3/t17-,18+,19+/m0/s1. The minimum absolute atomic E-state index is 0.431. The van der Waals surface area contributed by atoms with Crippen LogP contribution < -0.4 is 0 Å². The van der Waals surface area contributed by atoms with Crippen molar-refractivity contribution in [2.45, 2.75) is 70.2 Å². The van der Waals surface area contributed by atoms with Crippen LogP contribution in [0.3, 0.4) is 0 Å². The van der Waals surface area contributed by atoms with Crippen LogP contribution in [0.1, 0.15) is 62.7 Å². The van der Waals surface area contributed by atoms with Crippen LogP contribution in [0.2, 0.25) is 0 Å². The second-order valence-electron chi connectivity index (χ2n) is 5.96. The fourth-order valence-corrected chi connectivity index (χ4v) is 2.51. The number of hydrogen-bond donors (Lipinski definition) is 3. The SMILES string of the molecule is C=C[C@H](O)c1ccc(C[C@@H](O)[C@H](O)CCCCCCC)cc1. The van der Waals surface area contributed by atoms with E-state index in [1.54, 1.807) is 0 Å². The van der Waals surface area contributed by atoms with Gasteiger partial charge in [-0.05, 0) is 17.5 Å². The number of rotatable bonds is 11. The van der Waals surface area contributed by atoms with Gasteiger partial charge in [0.1, 0.15) is 0 Å². The van der Waals surface area contributed by atoms with Crippen LogP contribution in [-0.2, 0) is 6.42 Å². The summed E-state index contributed by atoms with van der Waals surface area (Å²) in [4.78, 5) is 0. The molecule has 124 valence electrons. The highest BCUT2D eigenvalue weighted by molar-refractivity contribution is 5.26. The van der Waals surface area contributed by atoms with Gasteiger partial charge in [0.25, 0.3) is 0 Å². The molecule has 1 rings (SSSR count). The summed E-state index contributed by atoms with van der Waals surface area (Å²) in [6.45, 7) is 5.73. The molecule has 0 radical (unpaired) electrons. The van der Waals surface area contributed by atoms with E-state index in [4.69, 9.17) is 0 Å². The number of aliphatic hydroxyl groups is 3. The zero-order valence-electron chi connectivity index (χ0n) is 13.6. The van der Waals surface area contributed by atoms with Gasteiger partial charge in [0, 0.05) is 6.42 Å². The fraction of sp³-hybridized carbons (Fsp3) is 0.579. The lowest BCUT2D eigenvalue weighted by Gasteiger charge is -2.18. The smallest absolute Gasteiger partial charge is 0.0969 e. The van der Waals surface area contributed by atoms with Gasteiger partial charge in [-0.25, -0.2) is 0 Å². The zero-order valence-corrected chi connectivity index (χ0v) is 13.6. The Kier molecular flexibility index (Phi) is 9.05. The minimum atomic E-state index is -0.735. The summed E-state index contributed by atoms with van der Waals surface area (Å²) in [6, 6.07) is 7.40. The zero-order chi connectivity index (χ0) is 16.4. The predicted octanol–water partition coefficient (Wildman–Crippen LogP) is 3.53. The van der Waals surface area contributed by atoms with Crippen LogP contribution in [0.5, 0.6) is 0 Å².